The van der Waals surface area contributed by atoms with Crippen LogP contribution < -0.4 is 15.4 Å². The first-order chi connectivity index (χ1) is 19.4. The summed E-state index contributed by atoms with van der Waals surface area (Å²) in [6.07, 6.45) is 8.82. The molecule has 0 unspecified atom stereocenters. The van der Waals surface area contributed by atoms with E-state index in [2.05, 4.69) is 15.6 Å². The predicted molar refractivity (Wildman–Crippen MR) is 151 cm³/mol. The fourth-order valence-corrected chi connectivity index (χ4v) is 5.64. The number of fused-ring (bicyclic) bond motifs is 1. The Hall–Kier alpha value is -4.14. The first-order valence-electron chi connectivity index (χ1n) is 14.1. The van der Waals surface area contributed by atoms with Crippen LogP contribution in [0.25, 0.3) is 0 Å². The summed E-state index contributed by atoms with van der Waals surface area (Å²) in [6, 6.07) is 14.6. The summed E-state index contributed by atoms with van der Waals surface area (Å²) in [4.78, 5) is 46.0. The van der Waals surface area contributed by atoms with Crippen LogP contribution in [0.4, 0.5) is 0 Å². The minimum absolute atomic E-state index is 0.00462. The Morgan fingerprint density at radius 2 is 1.82 bits per heavy atom. The number of para-hydroxylation sites is 1. The molecule has 1 aromatic heterocycles. The summed E-state index contributed by atoms with van der Waals surface area (Å²) in [6.45, 7) is 4.30. The van der Waals surface area contributed by atoms with Gasteiger partial charge in [0.25, 0.3) is 11.8 Å². The molecule has 0 radical (unpaired) electrons. The molecular weight excluding hydrogens is 506 g/mol. The quantitative estimate of drug-likeness (QED) is 0.525. The Morgan fingerprint density at radius 1 is 1.05 bits per heavy atom. The van der Waals surface area contributed by atoms with Gasteiger partial charge >= 0.3 is 0 Å². The van der Waals surface area contributed by atoms with Crippen molar-refractivity contribution in [3.63, 3.8) is 0 Å². The first-order valence-corrected chi connectivity index (χ1v) is 14.1. The molecular formula is C31H37N5O4. The molecule has 2 aliphatic heterocycles. The average molecular weight is 544 g/mol. The van der Waals surface area contributed by atoms with Crippen LogP contribution in [0.15, 0.2) is 67.3 Å². The van der Waals surface area contributed by atoms with Gasteiger partial charge in [-0.3, -0.25) is 14.4 Å². The first kappa shape index (κ1) is 27.4. The molecule has 0 aliphatic carbocycles. The Kier molecular flexibility index (Phi) is 8.48. The van der Waals surface area contributed by atoms with Gasteiger partial charge in [0.05, 0.1) is 23.3 Å². The number of hydrogen-bond acceptors (Lipinski definition) is 5. The standard InChI is InChI=1S/C31H37N5O4/c1-23-21-40-27-11-5-4-10-26(27)28(37)33-15-7-6-12-31(30(39)34-23)13-17-36(18-14-31)29(38)25-9-3-2-8-24(25)20-35-19-16-32-22-35/h2-5,8-11,16,19,22-23H,6-7,12-15,17-18,20-21H2,1H3,(H,33,37)(H,34,39)/t23-/m1/s1. The number of rotatable bonds is 3. The van der Waals surface area contributed by atoms with E-state index in [9.17, 15) is 14.4 Å². The maximum absolute atomic E-state index is 13.7. The summed E-state index contributed by atoms with van der Waals surface area (Å²) < 4.78 is 7.90. The van der Waals surface area contributed by atoms with Crippen molar-refractivity contribution in [2.75, 3.05) is 26.2 Å². The van der Waals surface area contributed by atoms with Crippen molar-refractivity contribution in [2.45, 2.75) is 51.6 Å². The van der Waals surface area contributed by atoms with E-state index in [-0.39, 0.29) is 30.4 Å². The van der Waals surface area contributed by atoms with E-state index in [0.717, 1.165) is 18.4 Å². The SMILES string of the molecule is C[C@@H]1COc2ccccc2C(=O)NCCCCC2(CCN(C(=O)c3ccccc3Cn3ccnc3)CC2)C(=O)N1. The zero-order chi connectivity index (χ0) is 28.0. The van der Waals surface area contributed by atoms with Crippen LogP contribution in [0.2, 0.25) is 0 Å². The van der Waals surface area contributed by atoms with Crippen molar-refractivity contribution in [1.29, 1.82) is 0 Å². The molecule has 0 saturated carbocycles. The number of nitrogens with zero attached hydrogens (tertiary/aromatic N) is 3. The van der Waals surface area contributed by atoms with Crippen LogP contribution in [0.1, 0.15) is 65.3 Å². The summed E-state index contributed by atoms with van der Waals surface area (Å²) >= 11 is 0. The normalized spacial score (nSPS) is 20.0. The molecule has 1 saturated heterocycles. The number of hydrogen-bond donors (Lipinski definition) is 2. The van der Waals surface area contributed by atoms with Crippen LogP contribution in [0.3, 0.4) is 0 Å². The molecule has 9 heteroatoms. The van der Waals surface area contributed by atoms with Gasteiger partial charge in [0.1, 0.15) is 12.4 Å². The smallest absolute Gasteiger partial charge is 0.255 e. The maximum Gasteiger partial charge on any atom is 0.255 e. The average Bonchev–Trinajstić information content (AvgIpc) is 3.49. The lowest BCUT2D eigenvalue weighted by Gasteiger charge is -2.41. The number of amides is 3. The minimum Gasteiger partial charge on any atom is -0.491 e. The van der Waals surface area contributed by atoms with E-state index >= 15 is 0 Å². The summed E-state index contributed by atoms with van der Waals surface area (Å²) in [7, 11) is 0. The minimum atomic E-state index is -0.562. The Labute approximate surface area is 234 Å². The number of aromatic nitrogens is 2. The number of nitrogens with one attached hydrogen (secondary N) is 2. The van der Waals surface area contributed by atoms with E-state index < -0.39 is 5.41 Å². The lowest BCUT2D eigenvalue weighted by molar-refractivity contribution is -0.135. The topological polar surface area (TPSA) is 106 Å². The highest BCUT2D eigenvalue weighted by Crippen LogP contribution is 2.38. The fourth-order valence-electron chi connectivity index (χ4n) is 5.64. The molecule has 5 rings (SSSR count). The predicted octanol–water partition coefficient (Wildman–Crippen LogP) is 3.65. The van der Waals surface area contributed by atoms with Crippen molar-refractivity contribution in [2.24, 2.45) is 5.41 Å². The number of carbonyl (C=O) groups excluding carboxylic acids is 3. The molecule has 9 nitrogen and oxygen atoms in total. The number of ether oxygens (including phenoxy) is 1. The Bertz CT molecular complexity index is 1330. The van der Waals surface area contributed by atoms with Crippen molar-refractivity contribution < 1.29 is 19.1 Å². The molecule has 1 atom stereocenters. The van der Waals surface area contributed by atoms with E-state index in [1.165, 1.54) is 0 Å². The molecule has 3 amide bonds. The molecule has 2 aliphatic rings. The highest BCUT2D eigenvalue weighted by molar-refractivity contribution is 5.97. The molecule has 1 fully saturated rings. The number of carbonyl (C=O) groups is 3. The second kappa shape index (κ2) is 12.4. The third-order valence-corrected chi connectivity index (χ3v) is 8.01. The second-order valence-electron chi connectivity index (χ2n) is 10.9. The Balaban J connectivity index is 1.27. The van der Waals surface area contributed by atoms with Crippen molar-refractivity contribution in [3.05, 3.63) is 83.9 Å². The van der Waals surface area contributed by atoms with E-state index in [1.54, 1.807) is 24.7 Å². The summed E-state index contributed by atoms with van der Waals surface area (Å²) in [5.74, 6) is 0.368. The number of likely N-dealkylation sites (tertiary alicyclic amines) is 1. The van der Waals surface area contributed by atoms with Gasteiger partial charge in [-0.2, -0.15) is 0 Å². The number of piperidine rings is 1. The largest absolute Gasteiger partial charge is 0.491 e. The van der Waals surface area contributed by atoms with Crippen molar-refractivity contribution in [1.82, 2.24) is 25.1 Å². The summed E-state index contributed by atoms with van der Waals surface area (Å²) in [5, 5.41) is 6.16. The fraction of sp³-hybridized carbons (Fsp3) is 0.419. The van der Waals surface area contributed by atoms with Crippen LogP contribution >= 0.6 is 0 Å². The monoisotopic (exact) mass is 543 g/mol. The molecule has 2 aromatic carbocycles. The van der Waals surface area contributed by atoms with Crippen molar-refractivity contribution >= 4 is 17.7 Å². The zero-order valence-corrected chi connectivity index (χ0v) is 23.0. The number of imidazole rings is 1. The van der Waals surface area contributed by atoms with Gasteiger partial charge in [0.2, 0.25) is 5.91 Å². The van der Waals surface area contributed by atoms with Gasteiger partial charge in [-0.05, 0) is 56.4 Å². The third kappa shape index (κ3) is 6.19. The molecule has 210 valence electrons. The van der Waals surface area contributed by atoms with Crippen molar-refractivity contribution in [3.8, 4) is 5.75 Å². The maximum atomic E-state index is 13.7. The lowest BCUT2D eigenvalue weighted by Crippen LogP contribution is -2.52. The molecule has 0 bridgehead atoms. The summed E-state index contributed by atoms with van der Waals surface area (Å²) in [5.41, 5.74) is 1.56. The van der Waals surface area contributed by atoms with Gasteiger partial charge in [-0.15, -0.1) is 0 Å². The van der Waals surface area contributed by atoms with Gasteiger partial charge in [0.15, 0.2) is 0 Å². The molecule has 1 spiro atoms. The van der Waals surface area contributed by atoms with Crippen LogP contribution in [-0.2, 0) is 11.3 Å². The molecule has 3 heterocycles. The zero-order valence-electron chi connectivity index (χ0n) is 23.0. The van der Waals surface area contributed by atoms with Gasteiger partial charge < -0.3 is 24.8 Å². The molecule has 2 N–H and O–H groups in total. The Morgan fingerprint density at radius 3 is 2.62 bits per heavy atom. The van der Waals surface area contributed by atoms with E-state index in [4.69, 9.17) is 4.74 Å². The van der Waals surface area contributed by atoms with Crippen LogP contribution in [0, 0.1) is 5.41 Å². The van der Waals surface area contributed by atoms with Crippen LogP contribution in [0.5, 0.6) is 5.75 Å². The second-order valence-corrected chi connectivity index (χ2v) is 10.9. The third-order valence-electron chi connectivity index (χ3n) is 8.01. The molecule has 40 heavy (non-hydrogen) atoms. The molecule has 3 aromatic rings. The number of benzene rings is 2. The van der Waals surface area contributed by atoms with E-state index in [0.29, 0.717) is 62.3 Å². The lowest BCUT2D eigenvalue weighted by atomic mass is 9.73. The van der Waals surface area contributed by atoms with E-state index in [1.807, 2.05) is 59.0 Å². The highest BCUT2D eigenvalue weighted by atomic mass is 16.5. The van der Waals surface area contributed by atoms with Gasteiger partial charge in [-0.25, -0.2) is 4.98 Å². The highest BCUT2D eigenvalue weighted by Gasteiger charge is 2.42. The van der Waals surface area contributed by atoms with Gasteiger partial charge in [-0.1, -0.05) is 36.8 Å². The van der Waals surface area contributed by atoms with Crippen LogP contribution in [-0.4, -0.2) is 64.5 Å². The van der Waals surface area contributed by atoms with Gasteiger partial charge in [0, 0.05) is 44.1 Å².